The number of carbonyl (C=O) groups is 1. The van der Waals surface area contributed by atoms with E-state index in [4.69, 9.17) is 4.74 Å². The predicted octanol–water partition coefficient (Wildman–Crippen LogP) is 4.38. The second-order valence-electron chi connectivity index (χ2n) is 7.38. The number of esters is 1. The molecular formula is C21H31NO2. The Morgan fingerprint density at radius 2 is 1.88 bits per heavy atom. The lowest BCUT2D eigenvalue weighted by Gasteiger charge is -2.34. The van der Waals surface area contributed by atoms with E-state index < -0.39 is 0 Å². The molecule has 3 heteroatoms. The van der Waals surface area contributed by atoms with E-state index in [0.717, 1.165) is 50.9 Å². The first-order valence-corrected chi connectivity index (χ1v) is 9.75. The van der Waals surface area contributed by atoms with Gasteiger partial charge < -0.3 is 4.74 Å². The van der Waals surface area contributed by atoms with Crippen LogP contribution in [-0.4, -0.2) is 36.6 Å². The summed E-state index contributed by atoms with van der Waals surface area (Å²) >= 11 is 0. The van der Waals surface area contributed by atoms with Gasteiger partial charge in [-0.1, -0.05) is 56.5 Å². The van der Waals surface area contributed by atoms with Gasteiger partial charge in [0.15, 0.2) is 0 Å². The Morgan fingerprint density at radius 3 is 2.58 bits per heavy atom. The van der Waals surface area contributed by atoms with Crippen molar-refractivity contribution in [2.24, 2.45) is 5.92 Å². The highest BCUT2D eigenvalue weighted by atomic mass is 16.5. The fourth-order valence-corrected chi connectivity index (χ4v) is 4.36. The molecule has 1 aromatic rings. The summed E-state index contributed by atoms with van der Waals surface area (Å²) in [5.41, 5.74) is 1.14. The molecule has 1 heterocycles. The largest absolute Gasteiger partial charge is 0.461 e. The minimum absolute atomic E-state index is 0.0102. The standard InChI is InChI=1S/C21H31NO2/c1-2-22-15-9-14-19(16-22)24-21(23)20(17-10-5-3-6-11-17)18-12-7-4-8-13-18/h3,5-6,10-11,18-20H,2,4,7-9,12-16H2,1H3. The van der Waals surface area contributed by atoms with Crippen LogP contribution < -0.4 is 0 Å². The van der Waals surface area contributed by atoms with Gasteiger partial charge in [0.1, 0.15) is 6.10 Å². The van der Waals surface area contributed by atoms with Crippen LogP contribution in [0.25, 0.3) is 0 Å². The zero-order valence-electron chi connectivity index (χ0n) is 15.0. The van der Waals surface area contributed by atoms with Crippen LogP contribution in [0.1, 0.15) is 63.4 Å². The van der Waals surface area contributed by atoms with Crippen LogP contribution in [0, 0.1) is 5.92 Å². The fourth-order valence-electron chi connectivity index (χ4n) is 4.36. The van der Waals surface area contributed by atoms with Gasteiger partial charge in [-0.15, -0.1) is 0 Å². The average Bonchev–Trinajstić information content (AvgIpc) is 2.64. The SMILES string of the molecule is CCN1CCCC(OC(=O)C(c2ccccc2)C2CCCCC2)C1. The van der Waals surface area contributed by atoms with E-state index in [9.17, 15) is 4.79 Å². The fraction of sp³-hybridized carbons (Fsp3) is 0.667. The lowest BCUT2D eigenvalue weighted by Crippen LogP contribution is -2.41. The molecule has 0 amide bonds. The number of piperidine rings is 1. The summed E-state index contributed by atoms with van der Waals surface area (Å²) < 4.78 is 6.01. The number of hydrogen-bond donors (Lipinski definition) is 0. The van der Waals surface area contributed by atoms with Gasteiger partial charge in [-0.2, -0.15) is 0 Å². The Bertz CT molecular complexity index is 510. The summed E-state index contributed by atoms with van der Waals surface area (Å²) in [7, 11) is 0. The minimum atomic E-state index is -0.0801. The minimum Gasteiger partial charge on any atom is -0.461 e. The van der Waals surface area contributed by atoms with Crippen LogP contribution in [0.15, 0.2) is 30.3 Å². The van der Waals surface area contributed by atoms with E-state index >= 15 is 0 Å². The van der Waals surface area contributed by atoms with Crippen molar-refractivity contribution in [1.82, 2.24) is 4.90 Å². The molecule has 2 unspecified atom stereocenters. The maximum absolute atomic E-state index is 13.1. The quantitative estimate of drug-likeness (QED) is 0.751. The van der Waals surface area contributed by atoms with Crippen LogP contribution in [0.4, 0.5) is 0 Å². The average molecular weight is 329 g/mol. The van der Waals surface area contributed by atoms with Crippen molar-refractivity contribution in [3.05, 3.63) is 35.9 Å². The smallest absolute Gasteiger partial charge is 0.314 e. The van der Waals surface area contributed by atoms with Crippen molar-refractivity contribution in [2.75, 3.05) is 19.6 Å². The highest BCUT2D eigenvalue weighted by molar-refractivity contribution is 5.78. The van der Waals surface area contributed by atoms with Crippen molar-refractivity contribution in [3.8, 4) is 0 Å². The number of benzene rings is 1. The van der Waals surface area contributed by atoms with Gasteiger partial charge >= 0.3 is 5.97 Å². The van der Waals surface area contributed by atoms with E-state index in [2.05, 4.69) is 24.0 Å². The number of ether oxygens (including phenoxy) is 1. The van der Waals surface area contributed by atoms with Crippen molar-refractivity contribution < 1.29 is 9.53 Å². The molecule has 0 N–H and O–H groups in total. The molecule has 1 aromatic carbocycles. The Morgan fingerprint density at radius 1 is 1.12 bits per heavy atom. The summed E-state index contributed by atoms with van der Waals surface area (Å²) in [6.07, 6.45) is 8.31. The third kappa shape index (κ3) is 4.38. The molecule has 0 radical (unpaired) electrons. The van der Waals surface area contributed by atoms with Crippen LogP contribution in [0.5, 0.6) is 0 Å². The van der Waals surface area contributed by atoms with Crippen molar-refractivity contribution in [1.29, 1.82) is 0 Å². The molecule has 3 nitrogen and oxygen atoms in total. The van der Waals surface area contributed by atoms with Gasteiger partial charge in [0.05, 0.1) is 5.92 Å². The molecule has 0 aromatic heterocycles. The number of likely N-dealkylation sites (N-methyl/N-ethyl adjacent to an activating group) is 1. The maximum atomic E-state index is 13.1. The van der Waals surface area contributed by atoms with Crippen molar-refractivity contribution in [3.63, 3.8) is 0 Å². The van der Waals surface area contributed by atoms with Gasteiger partial charge in [0.2, 0.25) is 0 Å². The Balaban J connectivity index is 1.71. The van der Waals surface area contributed by atoms with Gasteiger partial charge in [0.25, 0.3) is 0 Å². The predicted molar refractivity (Wildman–Crippen MR) is 97.0 cm³/mol. The summed E-state index contributed by atoms with van der Waals surface area (Å²) in [5.74, 6) is 0.374. The van der Waals surface area contributed by atoms with Gasteiger partial charge in [-0.3, -0.25) is 9.69 Å². The zero-order chi connectivity index (χ0) is 16.8. The Hall–Kier alpha value is -1.35. The molecule has 1 aliphatic heterocycles. The monoisotopic (exact) mass is 329 g/mol. The second-order valence-corrected chi connectivity index (χ2v) is 7.38. The number of carbonyl (C=O) groups excluding carboxylic acids is 1. The molecule has 132 valence electrons. The maximum Gasteiger partial charge on any atom is 0.314 e. The van der Waals surface area contributed by atoms with Crippen LogP contribution >= 0.6 is 0 Å². The van der Waals surface area contributed by atoms with Crippen LogP contribution in [-0.2, 0) is 9.53 Å². The lowest BCUT2D eigenvalue weighted by atomic mass is 9.77. The highest BCUT2D eigenvalue weighted by Crippen LogP contribution is 2.37. The summed E-state index contributed by atoms with van der Waals surface area (Å²) in [6, 6.07) is 10.3. The van der Waals surface area contributed by atoms with E-state index in [1.807, 2.05) is 18.2 Å². The first-order valence-electron chi connectivity index (χ1n) is 9.75. The number of likely N-dealkylation sites (tertiary alicyclic amines) is 1. The molecule has 2 atom stereocenters. The Labute approximate surface area is 146 Å². The molecule has 2 fully saturated rings. The molecule has 1 saturated carbocycles. The third-order valence-electron chi connectivity index (χ3n) is 5.73. The zero-order valence-corrected chi connectivity index (χ0v) is 15.0. The first kappa shape index (κ1) is 17.5. The molecule has 3 rings (SSSR count). The van der Waals surface area contributed by atoms with E-state index in [1.165, 1.54) is 19.3 Å². The molecular weight excluding hydrogens is 298 g/mol. The van der Waals surface area contributed by atoms with Crippen molar-refractivity contribution >= 4 is 5.97 Å². The lowest BCUT2D eigenvalue weighted by molar-refractivity contribution is -0.155. The summed E-state index contributed by atoms with van der Waals surface area (Å²) in [6.45, 7) is 5.25. The van der Waals surface area contributed by atoms with Crippen molar-refractivity contribution in [2.45, 2.75) is 63.9 Å². The molecule has 0 spiro atoms. The van der Waals surface area contributed by atoms with E-state index in [1.54, 1.807) is 0 Å². The van der Waals surface area contributed by atoms with Crippen LogP contribution in [0.3, 0.4) is 0 Å². The molecule has 1 saturated heterocycles. The molecule has 0 bridgehead atoms. The first-order chi connectivity index (χ1) is 11.8. The molecule has 24 heavy (non-hydrogen) atoms. The van der Waals surface area contributed by atoms with Gasteiger partial charge in [0, 0.05) is 6.54 Å². The normalized spacial score (nSPS) is 24.5. The third-order valence-corrected chi connectivity index (χ3v) is 5.73. The van der Waals surface area contributed by atoms with Gasteiger partial charge in [-0.05, 0) is 50.3 Å². The second kappa shape index (κ2) is 8.66. The Kier molecular flexibility index (Phi) is 6.30. The van der Waals surface area contributed by atoms with E-state index in [0.29, 0.717) is 5.92 Å². The summed E-state index contributed by atoms with van der Waals surface area (Å²) in [4.78, 5) is 15.5. The topological polar surface area (TPSA) is 29.5 Å². The van der Waals surface area contributed by atoms with Gasteiger partial charge in [-0.25, -0.2) is 0 Å². The number of nitrogens with zero attached hydrogens (tertiary/aromatic N) is 1. The summed E-state index contributed by atoms with van der Waals surface area (Å²) in [5, 5.41) is 0. The molecule has 1 aliphatic carbocycles. The highest BCUT2D eigenvalue weighted by Gasteiger charge is 2.34. The molecule has 2 aliphatic rings. The number of rotatable bonds is 5. The van der Waals surface area contributed by atoms with E-state index in [-0.39, 0.29) is 18.0 Å². The number of hydrogen-bond acceptors (Lipinski definition) is 3. The van der Waals surface area contributed by atoms with Crippen LogP contribution in [0.2, 0.25) is 0 Å².